The summed E-state index contributed by atoms with van der Waals surface area (Å²) in [7, 11) is 0. The van der Waals surface area contributed by atoms with Crippen LogP contribution in [0.25, 0.3) is 0 Å². The summed E-state index contributed by atoms with van der Waals surface area (Å²) in [6, 6.07) is 1.53. The minimum Gasteiger partial charge on any atom is -0.330 e. The number of H-pyrrole nitrogens is 1. The highest BCUT2D eigenvalue weighted by Gasteiger charge is 1.99. The fraction of sp³-hybridized carbons (Fsp3) is 0.556. The van der Waals surface area contributed by atoms with Crippen molar-refractivity contribution >= 4 is 11.8 Å². The van der Waals surface area contributed by atoms with Gasteiger partial charge in [-0.15, -0.1) is 0 Å². The van der Waals surface area contributed by atoms with Gasteiger partial charge in [0.1, 0.15) is 0 Å². The van der Waals surface area contributed by atoms with Crippen molar-refractivity contribution in [2.45, 2.75) is 24.9 Å². The third-order valence-electron chi connectivity index (χ3n) is 1.72. The first-order chi connectivity index (χ1) is 6.76. The fourth-order valence-corrected chi connectivity index (χ4v) is 1.84. The van der Waals surface area contributed by atoms with Crippen LogP contribution in [0.1, 0.15) is 19.0 Å². The van der Waals surface area contributed by atoms with Crippen molar-refractivity contribution in [3.63, 3.8) is 0 Å². The normalized spacial score (nSPS) is 10.4. The second-order valence-corrected chi connectivity index (χ2v) is 3.97. The zero-order valence-corrected chi connectivity index (χ0v) is 9.06. The smallest absolute Gasteiger partial charge is 0.251 e. The van der Waals surface area contributed by atoms with Gasteiger partial charge in [0.05, 0.1) is 0 Å². The van der Waals surface area contributed by atoms with Gasteiger partial charge in [0.15, 0.2) is 5.16 Å². The molecule has 78 valence electrons. The van der Waals surface area contributed by atoms with Gasteiger partial charge in [-0.25, -0.2) is 4.98 Å². The Morgan fingerprint density at radius 1 is 1.64 bits per heavy atom. The number of nitrogens with zero attached hydrogens (tertiary/aromatic N) is 1. The molecule has 0 atom stereocenters. The maximum Gasteiger partial charge on any atom is 0.251 e. The zero-order chi connectivity index (χ0) is 10.4. The van der Waals surface area contributed by atoms with E-state index in [1.165, 1.54) is 6.07 Å². The SMILES string of the molecule is CCc1cc(=O)[nH]c(SCCCN)n1. The third-order valence-corrected chi connectivity index (χ3v) is 2.68. The van der Waals surface area contributed by atoms with Gasteiger partial charge < -0.3 is 10.7 Å². The van der Waals surface area contributed by atoms with E-state index in [2.05, 4.69) is 9.97 Å². The predicted molar refractivity (Wildman–Crippen MR) is 58.6 cm³/mol. The van der Waals surface area contributed by atoms with Crippen LogP contribution in [0, 0.1) is 0 Å². The number of rotatable bonds is 5. The third kappa shape index (κ3) is 3.51. The van der Waals surface area contributed by atoms with Gasteiger partial charge in [0, 0.05) is 17.5 Å². The first kappa shape index (κ1) is 11.3. The molecule has 1 aromatic heterocycles. The molecule has 0 unspecified atom stereocenters. The second-order valence-electron chi connectivity index (χ2n) is 2.89. The van der Waals surface area contributed by atoms with E-state index in [0.29, 0.717) is 11.7 Å². The molecule has 0 aliphatic carbocycles. The van der Waals surface area contributed by atoms with Crippen LogP contribution in [-0.4, -0.2) is 22.3 Å². The molecule has 4 nitrogen and oxygen atoms in total. The van der Waals surface area contributed by atoms with E-state index in [1.54, 1.807) is 11.8 Å². The monoisotopic (exact) mass is 213 g/mol. The number of thioether (sulfide) groups is 1. The minimum absolute atomic E-state index is 0.0768. The number of aryl methyl sites for hydroxylation is 1. The molecule has 0 aliphatic rings. The van der Waals surface area contributed by atoms with Crippen LogP contribution in [0.5, 0.6) is 0 Å². The summed E-state index contributed by atoms with van der Waals surface area (Å²) in [5.41, 5.74) is 6.13. The van der Waals surface area contributed by atoms with Gasteiger partial charge in [-0.1, -0.05) is 18.7 Å². The quantitative estimate of drug-likeness (QED) is 0.430. The van der Waals surface area contributed by atoms with E-state index in [4.69, 9.17) is 5.73 Å². The number of hydrogen-bond acceptors (Lipinski definition) is 4. The van der Waals surface area contributed by atoms with Gasteiger partial charge in [0.2, 0.25) is 0 Å². The molecule has 0 fully saturated rings. The maximum atomic E-state index is 11.2. The summed E-state index contributed by atoms with van der Waals surface area (Å²) >= 11 is 1.54. The Balaban J connectivity index is 2.67. The lowest BCUT2D eigenvalue weighted by atomic mass is 10.3. The average Bonchev–Trinajstić information content (AvgIpc) is 2.17. The van der Waals surface area contributed by atoms with Gasteiger partial charge in [0.25, 0.3) is 5.56 Å². The van der Waals surface area contributed by atoms with E-state index >= 15 is 0 Å². The number of hydrogen-bond donors (Lipinski definition) is 2. The lowest BCUT2D eigenvalue weighted by Crippen LogP contribution is -2.10. The Morgan fingerprint density at radius 2 is 2.43 bits per heavy atom. The molecule has 0 bridgehead atoms. The molecule has 1 aromatic rings. The van der Waals surface area contributed by atoms with E-state index in [0.717, 1.165) is 24.3 Å². The molecule has 5 heteroatoms. The van der Waals surface area contributed by atoms with Crippen LogP contribution < -0.4 is 11.3 Å². The van der Waals surface area contributed by atoms with E-state index in [-0.39, 0.29) is 5.56 Å². The number of aromatic nitrogens is 2. The zero-order valence-electron chi connectivity index (χ0n) is 8.25. The van der Waals surface area contributed by atoms with Gasteiger partial charge in [-0.2, -0.15) is 0 Å². The Bertz CT molecular complexity index is 337. The number of nitrogens with one attached hydrogen (secondary N) is 1. The Kier molecular flexibility index (Phi) is 4.69. The molecule has 0 aliphatic heterocycles. The molecule has 1 rings (SSSR count). The van der Waals surface area contributed by atoms with E-state index in [1.807, 2.05) is 6.92 Å². The molecule has 0 amide bonds. The Hall–Kier alpha value is -0.810. The average molecular weight is 213 g/mol. The number of aromatic amines is 1. The van der Waals surface area contributed by atoms with Crippen LogP contribution in [0.15, 0.2) is 16.0 Å². The topological polar surface area (TPSA) is 71.8 Å². The lowest BCUT2D eigenvalue weighted by Gasteiger charge is -2.01. The highest BCUT2D eigenvalue weighted by molar-refractivity contribution is 7.99. The largest absolute Gasteiger partial charge is 0.330 e. The highest BCUT2D eigenvalue weighted by atomic mass is 32.2. The molecular formula is C9H15N3OS. The Morgan fingerprint density at radius 3 is 3.07 bits per heavy atom. The molecule has 3 N–H and O–H groups in total. The van der Waals surface area contributed by atoms with Crippen molar-refractivity contribution in [2.24, 2.45) is 5.73 Å². The summed E-state index contributed by atoms with van der Waals surface area (Å²) in [6.45, 7) is 2.65. The molecule has 0 radical (unpaired) electrons. The van der Waals surface area contributed by atoms with Crippen LogP contribution in [0.2, 0.25) is 0 Å². The summed E-state index contributed by atoms with van der Waals surface area (Å²) in [5, 5.41) is 0.697. The maximum absolute atomic E-state index is 11.2. The Labute approximate surface area is 87.3 Å². The van der Waals surface area contributed by atoms with Crippen molar-refractivity contribution in [2.75, 3.05) is 12.3 Å². The van der Waals surface area contributed by atoms with Crippen molar-refractivity contribution in [1.82, 2.24) is 9.97 Å². The van der Waals surface area contributed by atoms with Gasteiger partial charge in [-0.05, 0) is 19.4 Å². The predicted octanol–water partition coefficient (Wildman–Crippen LogP) is 0.773. The van der Waals surface area contributed by atoms with Crippen molar-refractivity contribution < 1.29 is 0 Å². The highest BCUT2D eigenvalue weighted by Crippen LogP contribution is 2.11. The molecule has 0 saturated heterocycles. The van der Waals surface area contributed by atoms with Crippen LogP contribution in [0.4, 0.5) is 0 Å². The van der Waals surface area contributed by atoms with Crippen molar-refractivity contribution in [1.29, 1.82) is 0 Å². The van der Waals surface area contributed by atoms with Crippen molar-refractivity contribution in [3.8, 4) is 0 Å². The molecule has 0 spiro atoms. The van der Waals surface area contributed by atoms with Crippen LogP contribution in [-0.2, 0) is 6.42 Å². The lowest BCUT2D eigenvalue weighted by molar-refractivity contribution is 0.863. The second kappa shape index (κ2) is 5.82. The summed E-state index contributed by atoms with van der Waals surface area (Å²) in [6.07, 6.45) is 1.72. The standard InChI is InChI=1S/C9H15N3OS/c1-2-7-6-8(13)12-9(11-7)14-5-3-4-10/h6H,2-5,10H2,1H3,(H,11,12,13). The molecule has 1 heterocycles. The molecular weight excluding hydrogens is 198 g/mol. The van der Waals surface area contributed by atoms with Gasteiger partial charge >= 0.3 is 0 Å². The van der Waals surface area contributed by atoms with E-state index in [9.17, 15) is 4.79 Å². The molecule has 0 aromatic carbocycles. The summed E-state index contributed by atoms with van der Waals surface area (Å²) < 4.78 is 0. The first-order valence-corrected chi connectivity index (χ1v) is 5.68. The van der Waals surface area contributed by atoms with Crippen molar-refractivity contribution in [3.05, 3.63) is 22.1 Å². The molecule has 14 heavy (non-hydrogen) atoms. The van der Waals surface area contributed by atoms with Crippen LogP contribution >= 0.6 is 11.8 Å². The summed E-state index contributed by atoms with van der Waals surface area (Å²) in [5.74, 6) is 0.895. The minimum atomic E-state index is -0.0768. The molecule has 0 saturated carbocycles. The van der Waals surface area contributed by atoms with E-state index < -0.39 is 0 Å². The summed E-state index contributed by atoms with van der Waals surface area (Å²) in [4.78, 5) is 18.2. The van der Waals surface area contributed by atoms with Gasteiger partial charge in [-0.3, -0.25) is 4.79 Å². The first-order valence-electron chi connectivity index (χ1n) is 4.69. The fourth-order valence-electron chi connectivity index (χ4n) is 0.985. The van der Waals surface area contributed by atoms with Crippen LogP contribution in [0.3, 0.4) is 0 Å². The number of nitrogens with two attached hydrogens (primary N) is 1.